The highest BCUT2D eigenvalue weighted by atomic mass is 32.1. The van der Waals surface area contributed by atoms with Gasteiger partial charge in [-0.25, -0.2) is 4.98 Å². The number of carbonyl (C=O) groups excluding carboxylic acids is 1. The van der Waals surface area contributed by atoms with Crippen LogP contribution in [0.5, 0.6) is 0 Å². The Morgan fingerprint density at radius 2 is 2.15 bits per heavy atom. The SMILES string of the molecule is O=C(c1cc2ccccc2[nH]1)N1CCc2nc(NC34CC(C3)C4)sc2C1. The van der Waals surface area contributed by atoms with Crippen molar-refractivity contribution in [1.29, 1.82) is 0 Å². The summed E-state index contributed by atoms with van der Waals surface area (Å²) in [6, 6.07) is 9.97. The van der Waals surface area contributed by atoms with E-state index in [1.54, 1.807) is 11.3 Å². The molecule has 2 aromatic heterocycles. The number of aromatic amines is 1. The lowest BCUT2D eigenvalue weighted by Gasteiger charge is -2.61. The van der Waals surface area contributed by atoms with Gasteiger partial charge in [-0.2, -0.15) is 0 Å². The molecule has 2 bridgehead atoms. The van der Waals surface area contributed by atoms with Crippen LogP contribution in [0.4, 0.5) is 5.13 Å². The molecule has 7 rings (SSSR count). The predicted molar refractivity (Wildman–Crippen MR) is 103 cm³/mol. The van der Waals surface area contributed by atoms with Gasteiger partial charge >= 0.3 is 0 Å². The molecule has 3 aromatic rings. The van der Waals surface area contributed by atoms with Gasteiger partial charge in [-0.05, 0) is 37.3 Å². The standard InChI is InChI=1S/C20H20N4OS/c25-18(16-7-13-3-1-2-4-14(13)21-16)24-6-5-15-17(11-24)26-19(22-15)23-20-8-12(9-20)10-20/h1-4,7,12,21H,5-6,8-11H2,(H,22,23). The highest BCUT2D eigenvalue weighted by Gasteiger charge is 2.57. The van der Waals surface area contributed by atoms with Crippen LogP contribution in [-0.4, -0.2) is 32.9 Å². The average molecular weight is 364 g/mol. The summed E-state index contributed by atoms with van der Waals surface area (Å²) in [7, 11) is 0. The molecule has 26 heavy (non-hydrogen) atoms. The zero-order chi connectivity index (χ0) is 17.3. The first kappa shape index (κ1) is 14.8. The van der Waals surface area contributed by atoms with Crippen molar-refractivity contribution in [2.24, 2.45) is 5.92 Å². The number of anilines is 1. The number of hydrogen-bond acceptors (Lipinski definition) is 4. The zero-order valence-electron chi connectivity index (χ0n) is 14.4. The number of amides is 1. The summed E-state index contributed by atoms with van der Waals surface area (Å²) >= 11 is 1.73. The number of hydrogen-bond donors (Lipinski definition) is 2. The Morgan fingerprint density at radius 3 is 2.92 bits per heavy atom. The lowest BCUT2D eigenvalue weighted by atomic mass is 9.50. The molecule has 0 unspecified atom stereocenters. The smallest absolute Gasteiger partial charge is 0.270 e. The van der Waals surface area contributed by atoms with Gasteiger partial charge in [0.05, 0.1) is 12.2 Å². The largest absolute Gasteiger partial charge is 0.356 e. The Kier molecular flexibility index (Phi) is 2.90. The number of nitrogens with zero attached hydrogens (tertiary/aromatic N) is 2. The summed E-state index contributed by atoms with van der Waals surface area (Å²) < 4.78 is 0. The van der Waals surface area contributed by atoms with E-state index in [1.807, 2.05) is 35.2 Å². The number of aromatic nitrogens is 2. The Hall–Kier alpha value is -2.34. The van der Waals surface area contributed by atoms with Gasteiger partial charge in [-0.3, -0.25) is 4.79 Å². The molecule has 4 aliphatic rings. The minimum Gasteiger partial charge on any atom is -0.356 e. The van der Waals surface area contributed by atoms with Crippen molar-refractivity contribution in [3.63, 3.8) is 0 Å². The molecule has 3 fully saturated rings. The first-order valence-electron chi connectivity index (χ1n) is 9.31. The molecular formula is C20H20N4OS. The van der Waals surface area contributed by atoms with Crippen LogP contribution in [0.2, 0.25) is 0 Å². The average Bonchev–Trinajstić information content (AvgIpc) is 3.18. The monoisotopic (exact) mass is 364 g/mol. The second-order valence-corrected chi connectivity index (χ2v) is 9.10. The third kappa shape index (κ3) is 2.14. The van der Waals surface area contributed by atoms with Crippen molar-refractivity contribution in [3.8, 4) is 0 Å². The van der Waals surface area contributed by atoms with Crippen molar-refractivity contribution in [2.45, 2.75) is 37.8 Å². The van der Waals surface area contributed by atoms with Crippen LogP contribution in [-0.2, 0) is 13.0 Å². The van der Waals surface area contributed by atoms with Gasteiger partial charge in [0.25, 0.3) is 5.91 Å². The molecule has 1 aromatic carbocycles. The van der Waals surface area contributed by atoms with Crippen LogP contribution >= 0.6 is 11.3 Å². The zero-order valence-corrected chi connectivity index (χ0v) is 15.2. The van der Waals surface area contributed by atoms with Crippen molar-refractivity contribution in [1.82, 2.24) is 14.9 Å². The maximum absolute atomic E-state index is 12.9. The fourth-order valence-electron chi connectivity index (χ4n) is 4.64. The van der Waals surface area contributed by atoms with E-state index in [4.69, 9.17) is 4.98 Å². The number of thiazole rings is 1. The summed E-state index contributed by atoms with van der Waals surface area (Å²) in [5.74, 6) is 1.04. The number of fused-ring (bicyclic) bond motifs is 2. The fourth-order valence-corrected chi connectivity index (χ4v) is 5.78. The van der Waals surface area contributed by atoms with E-state index in [0.717, 1.165) is 34.9 Å². The normalized spacial score (nSPS) is 26.2. The number of carbonyl (C=O) groups is 1. The molecule has 0 atom stereocenters. The van der Waals surface area contributed by atoms with E-state index >= 15 is 0 Å². The predicted octanol–water partition coefficient (Wildman–Crippen LogP) is 3.79. The fraction of sp³-hybridized carbons (Fsp3) is 0.400. The molecular weight excluding hydrogens is 344 g/mol. The topological polar surface area (TPSA) is 61.0 Å². The molecule has 5 nitrogen and oxygen atoms in total. The number of para-hydroxylation sites is 1. The first-order chi connectivity index (χ1) is 12.7. The summed E-state index contributed by atoms with van der Waals surface area (Å²) in [4.78, 5) is 24.2. The Labute approximate surface area is 155 Å². The Balaban J connectivity index is 1.22. The quantitative estimate of drug-likeness (QED) is 0.743. The van der Waals surface area contributed by atoms with E-state index in [2.05, 4.69) is 10.3 Å². The van der Waals surface area contributed by atoms with Crippen LogP contribution in [0.1, 0.15) is 40.3 Å². The van der Waals surface area contributed by atoms with Crippen molar-refractivity contribution < 1.29 is 4.79 Å². The van der Waals surface area contributed by atoms with Crippen LogP contribution in [0.3, 0.4) is 0 Å². The first-order valence-corrected chi connectivity index (χ1v) is 10.1. The molecule has 1 amide bonds. The van der Waals surface area contributed by atoms with E-state index in [1.165, 1.54) is 29.8 Å². The molecule has 3 heterocycles. The molecule has 0 saturated heterocycles. The number of H-pyrrole nitrogens is 1. The molecule has 3 saturated carbocycles. The summed E-state index contributed by atoms with van der Waals surface area (Å²) in [6.45, 7) is 1.40. The highest BCUT2D eigenvalue weighted by molar-refractivity contribution is 7.15. The Bertz CT molecular complexity index is 986. The van der Waals surface area contributed by atoms with E-state index in [-0.39, 0.29) is 5.91 Å². The second kappa shape index (κ2) is 5.10. The molecule has 2 N–H and O–H groups in total. The summed E-state index contributed by atoms with van der Waals surface area (Å²) in [5.41, 5.74) is 3.21. The van der Waals surface area contributed by atoms with Gasteiger partial charge < -0.3 is 15.2 Å². The molecule has 0 spiro atoms. The minimum absolute atomic E-state index is 0.0779. The van der Waals surface area contributed by atoms with E-state index in [0.29, 0.717) is 17.8 Å². The molecule has 6 heteroatoms. The van der Waals surface area contributed by atoms with Gasteiger partial charge in [0.1, 0.15) is 5.69 Å². The van der Waals surface area contributed by atoms with Crippen LogP contribution in [0.25, 0.3) is 10.9 Å². The van der Waals surface area contributed by atoms with Gasteiger partial charge in [0.2, 0.25) is 0 Å². The molecule has 1 aliphatic heterocycles. The van der Waals surface area contributed by atoms with Crippen molar-refractivity contribution >= 4 is 33.3 Å². The van der Waals surface area contributed by atoms with E-state index in [9.17, 15) is 4.79 Å². The number of nitrogens with one attached hydrogen (secondary N) is 2. The maximum Gasteiger partial charge on any atom is 0.270 e. The Morgan fingerprint density at radius 1 is 1.31 bits per heavy atom. The van der Waals surface area contributed by atoms with Gasteiger partial charge in [-0.15, -0.1) is 0 Å². The van der Waals surface area contributed by atoms with Gasteiger partial charge in [0.15, 0.2) is 5.13 Å². The summed E-state index contributed by atoms with van der Waals surface area (Å²) in [5, 5.41) is 5.80. The van der Waals surface area contributed by atoms with Crippen molar-refractivity contribution in [3.05, 3.63) is 46.6 Å². The summed E-state index contributed by atoms with van der Waals surface area (Å²) in [6.07, 6.45) is 4.77. The van der Waals surface area contributed by atoms with Crippen LogP contribution in [0.15, 0.2) is 30.3 Å². The number of rotatable bonds is 3. The minimum atomic E-state index is 0.0779. The lowest BCUT2D eigenvalue weighted by molar-refractivity contribution is 0.00211. The highest BCUT2D eigenvalue weighted by Crippen LogP contribution is 2.58. The molecule has 132 valence electrons. The van der Waals surface area contributed by atoms with Crippen molar-refractivity contribution in [2.75, 3.05) is 11.9 Å². The van der Waals surface area contributed by atoms with Crippen LogP contribution in [0, 0.1) is 5.92 Å². The second-order valence-electron chi connectivity index (χ2n) is 8.02. The third-order valence-corrected chi connectivity index (χ3v) is 7.19. The maximum atomic E-state index is 12.9. The van der Waals surface area contributed by atoms with E-state index < -0.39 is 0 Å². The van der Waals surface area contributed by atoms with Crippen LogP contribution < -0.4 is 5.32 Å². The van der Waals surface area contributed by atoms with Gasteiger partial charge in [0, 0.05) is 34.3 Å². The molecule has 0 radical (unpaired) electrons. The third-order valence-electron chi connectivity index (χ3n) is 6.19. The van der Waals surface area contributed by atoms with Gasteiger partial charge in [-0.1, -0.05) is 29.5 Å². The number of benzene rings is 1. The molecule has 3 aliphatic carbocycles. The lowest BCUT2D eigenvalue weighted by Crippen LogP contribution is -2.63.